The summed E-state index contributed by atoms with van der Waals surface area (Å²) in [5.74, 6) is 2.71. The number of methoxy groups -OCH3 is 4. The van der Waals surface area contributed by atoms with E-state index >= 15 is 0 Å². The maximum atomic E-state index is 12.5. The maximum absolute atomic E-state index is 12.5. The largest absolute Gasteiger partial charge is 0.497 e. The Balaban J connectivity index is 0.000000182. The number of esters is 1. The number of hydrogen-bond acceptors (Lipinski definition) is 12. The van der Waals surface area contributed by atoms with Crippen molar-refractivity contribution < 1.29 is 59.4 Å². The molecule has 602 valence electrons. The minimum atomic E-state index is -4.72. The second kappa shape index (κ2) is 42.0. The monoisotopic (exact) mass is 1580 g/mol. The van der Waals surface area contributed by atoms with Crippen LogP contribution in [0.25, 0.3) is 0 Å². The lowest BCUT2D eigenvalue weighted by Crippen LogP contribution is -2.67. The van der Waals surface area contributed by atoms with Gasteiger partial charge in [-0.3, -0.25) is 0 Å². The molecule has 0 aliphatic carbocycles. The molecular weight excluding hydrogens is 1470 g/mol. The number of carbonyl (C=O) groups is 1. The first-order valence-corrected chi connectivity index (χ1v) is 42.3. The molecule has 0 fully saturated rings. The Bertz CT molecular complexity index is 4710. The van der Waals surface area contributed by atoms with Crippen molar-refractivity contribution in [3.05, 3.63) is 389 Å². The quantitative estimate of drug-likeness (QED) is 0.0221. The number of carbonyl (C=O) groups excluding carboxylic acids is 1. The topological polar surface area (TPSA) is 134 Å². The van der Waals surface area contributed by atoms with Crippen LogP contribution in [-0.2, 0) is 50.4 Å². The molecule has 0 spiro atoms. The Labute approximate surface area is 684 Å². The fraction of sp³-hybridized carbons (Fsp3) is 0.270. The van der Waals surface area contributed by atoms with E-state index in [0.717, 1.165) is 85.2 Å². The van der Waals surface area contributed by atoms with Crippen molar-refractivity contribution in [2.45, 2.75) is 154 Å². The molecule has 0 radical (unpaired) electrons. The van der Waals surface area contributed by atoms with Gasteiger partial charge in [0.05, 0.1) is 63.3 Å². The minimum absolute atomic E-state index is 0.0190. The fourth-order valence-electron chi connectivity index (χ4n) is 14.0. The van der Waals surface area contributed by atoms with Crippen LogP contribution in [0.15, 0.2) is 332 Å². The van der Waals surface area contributed by atoms with Crippen LogP contribution in [0, 0.1) is 6.92 Å². The minimum Gasteiger partial charge on any atom is -0.497 e. The first-order valence-electron chi connectivity index (χ1n) is 39.0. The molecule has 0 N–H and O–H groups in total. The second-order valence-electron chi connectivity index (χ2n) is 30.0. The van der Waals surface area contributed by atoms with E-state index < -0.39 is 46.2 Å². The summed E-state index contributed by atoms with van der Waals surface area (Å²) in [7, 11) is -0.331. The summed E-state index contributed by atoms with van der Waals surface area (Å²) in [6.07, 6.45) is 0.0731. The average molecular weight is 1590 g/mol. The van der Waals surface area contributed by atoms with Gasteiger partial charge in [0.2, 0.25) is 0 Å². The number of halogens is 1. The van der Waals surface area contributed by atoms with Crippen LogP contribution >= 0.6 is 0 Å². The highest BCUT2D eigenvalue weighted by molar-refractivity contribution is 7.86. The van der Waals surface area contributed by atoms with Gasteiger partial charge < -0.3 is 42.3 Å². The summed E-state index contributed by atoms with van der Waals surface area (Å²) in [5.41, 5.74) is 9.13. The molecule has 12 rings (SSSR count). The van der Waals surface area contributed by atoms with Crippen LogP contribution in [0.4, 0.5) is 3.89 Å². The number of aryl methyl sites for hydroxylation is 1. The molecule has 0 saturated carbocycles. The molecule has 0 aromatic heterocycles. The lowest BCUT2D eigenvalue weighted by atomic mass is 9.79. The summed E-state index contributed by atoms with van der Waals surface area (Å²) in [5, 5.41) is 2.76. The second-order valence-corrected chi connectivity index (χ2v) is 35.6. The molecule has 12 aromatic carbocycles. The number of rotatable bonds is 26. The van der Waals surface area contributed by atoms with Crippen LogP contribution in [0.3, 0.4) is 0 Å². The SMILES string of the molecule is CC(C)OC(=O)c1ccc(S(=O)(=O)F)cc1.CC(C)OC(c1ccccc1)(c1ccccc1)c1ccccc1.CC(C)O[Si](c1ccccc1)(c1ccccc1)C(C)(C)C.COc1ccc(C(OC(C)C)(c2ccc(C)cc2)c2ccc(OC)cc2)cc1.COc1ccc(C(OC(C)C)(c2ccccc2)c2ccc(OC)cc2)cc1. The zero-order valence-corrected chi connectivity index (χ0v) is 71.6. The zero-order chi connectivity index (χ0) is 83.4. The summed E-state index contributed by atoms with van der Waals surface area (Å²) >= 11 is 0. The third kappa shape index (κ3) is 23.1. The molecule has 12 aromatic rings. The maximum Gasteiger partial charge on any atom is 0.338 e. The van der Waals surface area contributed by atoms with Crippen LogP contribution < -0.4 is 29.3 Å². The van der Waals surface area contributed by atoms with Gasteiger partial charge in [-0.05, 0) is 214 Å². The third-order valence-corrected chi connectivity index (χ3v) is 25.0. The summed E-state index contributed by atoms with van der Waals surface area (Å²) in [4.78, 5) is 10.9. The number of hydrogen-bond donors (Lipinski definition) is 0. The van der Waals surface area contributed by atoms with Gasteiger partial charge in [-0.2, -0.15) is 8.42 Å². The molecule has 0 atom stereocenters. The predicted molar refractivity (Wildman–Crippen MR) is 466 cm³/mol. The third-order valence-electron chi connectivity index (χ3n) is 18.9. The Morgan fingerprint density at radius 1 is 0.313 bits per heavy atom. The van der Waals surface area contributed by atoms with Gasteiger partial charge in [-0.15, -0.1) is 3.89 Å². The molecule has 12 nitrogen and oxygen atoms in total. The lowest BCUT2D eigenvalue weighted by molar-refractivity contribution is -0.0296. The zero-order valence-electron chi connectivity index (χ0n) is 69.7. The lowest BCUT2D eigenvalue weighted by Gasteiger charge is -2.44. The highest BCUT2D eigenvalue weighted by Crippen LogP contribution is 2.46. The molecule has 0 amide bonds. The standard InChI is InChI=1S/C25H28O3.C24H26O3.C22H22O.C19H26OSi.C10H11FO4S/c1-18(2)28-25(20-8-6-19(3)7-9-20,21-10-14-23(26-4)15-11-21)22-12-16-24(27-5)17-13-22;1-18(2)27-24(19-8-6-5-7-9-19,20-10-14-22(25-3)15-11-20)21-12-16-23(26-4)17-13-21;1-18(2)23-22(19-12-6-3-7-13-19,20-14-8-4-9-15-20)21-16-10-5-11-17-21;1-16(2)20-21(19(3,4)5,17-12-8-6-9-13-17)18-14-10-7-11-15-18;1-7(2)15-10(12)8-3-5-9(6-4-8)16(11,13)14/h6-18H,1-5H3;5-18H,1-4H3;3-18H,1-2H3;6-16H,1-5H3;3-7H,1-2H3. The van der Waals surface area contributed by atoms with Gasteiger partial charge in [0.15, 0.2) is 0 Å². The molecule has 0 aliphatic heterocycles. The van der Waals surface area contributed by atoms with E-state index in [4.69, 9.17) is 42.3 Å². The number of ether oxygens (including phenoxy) is 8. The summed E-state index contributed by atoms with van der Waals surface area (Å²) in [6, 6.07) is 109. The Kier molecular flexibility index (Phi) is 32.8. The van der Waals surface area contributed by atoms with E-state index in [1.165, 1.54) is 28.1 Å². The van der Waals surface area contributed by atoms with Gasteiger partial charge in [-0.1, -0.05) is 281 Å². The molecule has 115 heavy (non-hydrogen) atoms. The van der Waals surface area contributed by atoms with Crippen molar-refractivity contribution in [3.63, 3.8) is 0 Å². The average Bonchev–Trinajstić information content (AvgIpc) is 0.750. The molecule has 0 bridgehead atoms. The van der Waals surface area contributed by atoms with Crippen LogP contribution in [0.1, 0.15) is 156 Å². The van der Waals surface area contributed by atoms with Gasteiger partial charge in [-0.25, -0.2) is 4.79 Å². The van der Waals surface area contributed by atoms with E-state index in [1.54, 1.807) is 42.3 Å². The fourth-order valence-corrected chi connectivity index (χ4v) is 19.2. The van der Waals surface area contributed by atoms with Crippen LogP contribution in [0.5, 0.6) is 23.0 Å². The molecule has 0 saturated heterocycles. The molecule has 0 aliphatic rings. The number of benzene rings is 12. The van der Waals surface area contributed by atoms with Crippen molar-refractivity contribution in [1.29, 1.82) is 0 Å². The van der Waals surface area contributed by atoms with Crippen molar-refractivity contribution in [1.82, 2.24) is 0 Å². The van der Waals surface area contributed by atoms with Gasteiger partial charge in [0.25, 0.3) is 8.32 Å². The summed E-state index contributed by atoms with van der Waals surface area (Å²) in [6.45, 7) is 29.1. The van der Waals surface area contributed by atoms with Crippen molar-refractivity contribution in [2.75, 3.05) is 28.4 Å². The van der Waals surface area contributed by atoms with Gasteiger partial charge >= 0.3 is 16.2 Å². The predicted octanol–water partition coefficient (Wildman–Crippen LogP) is 22.4. The highest BCUT2D eigenvalue weighted by atomic mass is 32.3. The van der Waals surface area contributed by atoms with Crippen LogP contribution in [0.2, 0.25) is 5.04 Å². The Hall–Kier alpha value is -10.8. The smallest absolute Gasteiger partial charge is 0.338 e. The van der Waals surface area contributed by atoms with E-state index in [1.807, 2.05) is 84.9 Å². The molecule has 0 heterocycles. The molecular formula is C100H113FO12SSi. The first-order chi connectivity index (χ1) is 55.0. The van der Waals surface area contributed by atoms with Crippen molar-refractivity contribution >= 4 is 34.9 Å². The summed E-state index contributed by atoms with van der Waals surface area (Å²) < 4.78 is 86.5. The van der Waals surface area contributed by atoms with Gasteiger partial charge in [0, 0.05) is 6.10 Å². The van der Waals surface area contributed by atoms with Crippen molar-refractivity contribution in [2.24, 2.45) is 0 Å². The van der Waals surface area contributed by atoms with E-state index in [0.29, 0.717) is 0 Å². The van der Waals surface area contributed by atoms with Crippen molar-refractivity contribution in [3.8, 4) is 23.0 Å². The molecule has 15 heteroatoms. The van der Waals surface area contributed by atoms with E-state index in [2.05, 4.69) is 301 Å². The van der Waals surface area contributed by atoms with E-state index in [9.17, 15) is 17.1 Å². The highest BCUT2D eigenvalue weighted by Gasteiger charge is 2.51. The Morgan fingerprint density at radius 2 is 0.548 bits per heavy atom. The Morgan fingerprint density at radius 3 is 0.757 bits per heavy atom. The normalized spacial score (nSPS) is 11.7. The van der Waals surface area contributed by atoms with E-state index in [-0.39, 0.29) is 41.1 Å². The van der Waals surface area contributed by atoms with Gasteiger partial charge in [0.1, 0.15) is 39.8 Å². The van der Waals surface area contributed by atoms with Crippen LogP contribution in [-0.4, -0.2) is 81.7 Å². The molecule has 0 unspecified atom stereocenters. The first kappa shape index (κ1) is 89.8.